The van der Waals surface area contributed by atoms with Gasteiger partial charge in [0.2, 0.25) is 11.6 Å². The molecule has 0 saturated heterocycles. The number of hydrogen-bond acceptors (Lipinski definition) is 10. The van der Waals surface area contributed by atoms with Gasteiger partial charge in [-0.3, -0.25) is 20.2 Å². The average molecular weight is 357 g/mol. The van der Waals surface area contributed by atoms with E-state index in [9.17, 15) is 20.2 Å². The fourth-order valence-electron chi connectivity index (χ4n) is 2.12. The summed E-state index contributed by atoms with van der Waals surface area (Å²) in [5, 5.41) is 31.4. The van der Waals surface area contributed by atoms with Gasteiger partial charge in [-0.05, 0) is 13.0 Å². The summed E-state index contributed by atoms with van der Waals surface area (Å²) in [6.45, 7) is 1.67. The van der Waals surface area contributed by atoms with Crippen molar-refractivity contribution in [1.29, 1.82) is 0 Å². The second-order valence-electron chi connectivity index (χ2n) is 5.06. The summed E-state index contributed by atoms with van der Waals surface area (Å²) in [6.07, 6.45) is 1.11. The Labute approximate surface area is 145 Å². The summed E-state index contributed by atoms with van der Waals surface area (Å²) in [5.74, 6) is 0.518. The predicted octanol–water partition coefficient (Wildman–Crippen LogP) is 3.08. The number of aromatic nitrogens is 3. The molecule has 2 aromatic heterocycles. The fourth-order valence-corrected chi connectivity index (χ4v) is 2.12. The molecule has 3 aromatic rings. The number of non-ortho nitro benzene ring substituents is 1. The lowest BCUT2D eigenvalue weighted by Gasteiger charge is -2.08. The van der Waals surface area contributed by atoms with Crippen molar-refractivity contribution in [2.45, 2.75) is 6.92 Å². The Morgan fingerprint density at radius 1 is 1.04 bits per heavy atom. The molecule has 1 aromatic carbocycles. The van der Waals surface area contributed by atoms with Crippen LogP contribution in [0.3, 0.4) is 0 Å². The highest BCUT2D eigenvalue weighted by Crippen LogP contribution is 2.33. The standard InChI is InChI=1S/C14H11N7O5/c1-8-5-11(19-26-8)18-14-12(21(24)25)13(15-7-16-14)17-9-3-2-4-10(6-9)20(22)23/h2-7H,1H3,(H2,15,16,17,18,19). The van der Waals surface area contributed by atoms with Crippen LogP contribution in [0.15, 0.2) is 41.2 Å². The maximum absolute atomic E-state index is 11.5. The summed E-state index contributed by atoms with van der Waals surface area (Å²) in [6, 6.07) is 7.05. The Morgan fingerprint density at radius 2 is 1.77 bits per heavy atom. The Balaban J connectivity index is 1.96. The number of rotatable bonds is 6. The van der Waals surface area contributed by atoms with Crippen molar-refractivity contribution in [2.75, 3.05) is 10.6 Å². The third kappa shape index (κ3) is 3.53. The van der Waals surface area contributed by atoms with Crippen molar-refractivity contribution in [1.82, 2.24) is 15.1 Å². The molecule has 0 saturated carbocycles. The van der Waals surface area contributed by atoms with Crippen molar-refractivity contribution in [3.8, 4) is 0 Å². The molecule has 0 aliphatic rings. The third-order valence-corrected chi connectivity index (χ3v) is 3.20. The zero-order valence-electron chi connectivity index (χ0n) is 13.2. The Bertz CT molecular complexity index is 987. The van der Waals surface area contributed by atoms with Gasteiger partial charge >= 0.3 is 5.69 Å². The number of anilines is 4. The van der Waals surface area contributed by atoms with Gasteiger partial charge < -0.3 is 15.2 Å². The predicted molar refractivity (Wildman–Crippen MR) is 89.6 cm³/mol. The van der Waals surface area contributed by atoms with E-state index in [4.69, 9.17) is 4.52 Å². The molecular weight excluding hydrogens is 346 g/mol. The molecule has 0 aliphatic heterocycles. The van der Waals surface area contributed by atoms with E-state index in [0.717, 1.165) is 6.33 Å². The monoisotopic (exact) mass is 357 g/mol. The molecule has 0 atom stereocenters. The highest BCUT2D eigenvalue weighted by molar-refractivity contribution is 5.76. The second-order valence-corrected chi connectivity index (χ2v) is 5.06. The molecule has 132 valence electrons. The van der Waals surface area contributed by atoms with E-state index in [0.29, 0.717) is 5.76 Å². The van der Waals surface area contributed by atoms with E-state index >= 15 is 0 Å². The first-order valence-corrected chi connectivity index (χ1v) is 7.15. The van der Waals surface area contributed by atoms with Crippen molar-refractivity contribution in [2.24, 2.45) is 0 Å². The largest absolute Gasteiger partial charge is 0.360 e. The molecular formula is C14H11N7O5. The molecule has 2 N–H and O–H groups in total. The number of hydrogen-bond donors (Lipinski definition) is 2. The van der Waals surface area contributed by atoms with Crippen LogP contribution in [0.1, 0.15) is 5.76 Å². The van der Waals surface area contributed by atoms with Crippen LogP contribution < -0.4 is 10.6 Å². The lowest BCUT2D eigenvalue weighted by Crippen LogP contribution is -2.05. The first kappa shape index (κ1) is 16.8. The summed E-state index contributed by atoms with van der Waals surface area (Å²) < 4.78 is 4.89. The zero-order chi connectivity index (χ0) is 18.7. The van der Waals surface area contributed by atoms with E-state index in [2.05, 4.69) is 25.8 Å². The van der Waals surface area contributed by atoms with Crippen LogP contribution >= 0.6 is 0 Å². The van der Waals surface area contributed by atoms with Crippen LogP contribution in [-0.4, -0.2) is 25.0 Å². The summed E-state index contributed by atoms with van der Waals surface area (Å²) in [7, 11) is 0. The quantitative estimate of drug-likeness (QED) is 0.495. The molecule has 12 heteroatoms. The highest BCUT2D eigenvalue weighted by Gasteiger charge is 2.24. The van der Waals surface area contributed by atoms with Crippen LogP contribution in [0.4, 0.5) is 34.5 Å². The van der Waals surface area contributed by atoms with E-state index in [1.54, 1.807) is 13.0 Å². The normalized spacial score (nSPS) is 10.3. The van der Waals surface area contributed by atoms with Gasteiger partial charge in [-0.25, -0.2) is 9.97 Å². The topological polar surface area (TPSA) is 162 Å². The van der Waals surface area contributed by atoms with Gasteiger partial charge in [-0.1, -0.05) is 11.2 Å². The number of nitro benzene ring substituents is 1. The molecule has 2 heterocycles. The van der Waals surface area contributed by atoms with Crippen molar-refractivity contribution >= 4 is 34.5 Å². The third-order valence-electron chi connectivity index (χ3n) is 3.20. The molecule has 0 unspecified atom stereocenters. The van der Waals surface area contributed by atoms with Gasteiger partial charge in [-0.15, -0.1) is 0 Å². The van der Waals surface area contributed by atoms with Crippen LogP contribution in [0.25, 0.3) is 0 Å². The minimum Gasteiger partial charge on any atom is -0.360 e. The van der Waals surface area contributed by atoms with Gasteiger partial charge in [0, 0.05) is 23.9 Å². The lowest BCUT2D eigenvalue weighted by molar-refractivity contribution is -0.384. The van der Waals surface area contributed by atoms with Crippen molar-refractivity contribution < 1.29 is 14.4 Å². The molecule has 0 bridgehead atoms. The second kappa shape index (κ2) is 6.80. The zero-order valence-corrected chi connectivity index (χ0v) is 13.2. The molecule has 0 fully saturated rings. The van der Waals surface area contributed by atoms with Crippen molar-refractivity contribution in [3.05, 3.63) is 62.6 Å². The Hall–Kier alpha value is -4.09. The number of aryl methyl sites for hydroxylation is 1. The maximum Gasteiger partial charge on any atom is 0.353 e. The highest BCUT2D eigenvalue weighted by atomic mass is 16.6. The number of nitro groups is 2. The van der Waals surface area contributed by atoms with Gasteiger partial charge in [0.05, 0.1) is 9.85 Å². The first-order chi connectivity index (χ1) is 12.4. The van der Waals surface area contributed by atoms with Crippen LogP contribution in [0.5, 0.6) is 0 Å². The summed E-state index contributed by atoms with van der Waals surface area (Å²) >= 11 is 0. The van der Waals surface area contributed by atoms with Crippen molar-refractivity contribution in [3.63, 3.8) is 0 Å². The fraction of sp³-hybridized carbons (Fsp3) is 0.0714. The van der Waals surface area contributed by atoms with Gasteiger partial charge in [0.1, 0.15) is 12.1 Å². The smallest absolute Gasteiger partial charge is 0.353 e. The number of nitrogens with zero attached hydrogens (tertiary/aromatic N) is 5. The van der Waals surface area contributed by atoms with E-state index in [-0.39, 0.29) is 28.8 Å². The Kier molecular flexibility index (Phi) is 4.38. The minimum atomic E-state index is -0.672. The molecule has 0 radical (unpaired) electrons. The van der Waals surface area contributed by atoms with E-state index < -0.39 is 15.5 Å². The van der Waals surface area contributed by atoms with Crippen LogP contribution in [0, 0.1) is 27.2 Å². The summed E-state index contributed by atoms with van der Waals surface area (Å²) in [4.78, 5) is 28.8. The first-order valence-electron chi connectivity index (χ1n) is 7.15. The average Bonchev–Trinajstić information content (AvgIpc) is 3.00. The van der Waals surface area contributed by atoms with Gasteiger partial charge in [-0.2, -0.15) is 0 Å². The summed E-state index contributed by atoms with van der Waals surface area (Å²) in [5.41, 5.74) is -0.341. The minimum absolute atomic E-state index is 0.105. The maximum atomic E-state index is 11.5. The molecule has 3 rings (SSSR count). The molecule has 0 aliphatic carbocycles. The van der Waals surface area contributed by atoms with E-state index in [1.165, 1.54) is 24.3 Å². The van der Waals surface area contributed by atoms with Gasteiger partial charge in [0.25, 0.3) is 5.69 Å². The van der Waals surface area contributed by atoms with Gasteiger partial charge in [0.15, 0.2) is 5.82 Å². The molecule has 0 amide bonds. The van der Waals surface area contributed by atoms with E-state index in [1.807, 2.05) is 0 Å². The molecule has 12 nitrogen and oxygen atoms in total. The van der Waals surface area contributed by atoms with Crippen LogP contribution in [-0.2, 0) is 0 Å². The number of nitrogens with one attached hydrogen (secondary N) is 2. The molecule has 26 heavy (non-hydrogen) atoms. The van der Waals surface area contributed by atoms with Crippen LogP contribution in [0.2, 0.25) is 0 Å². The number of benzene rings is 1. The Morgan fingerprint density at radius 3 is 2.38 bits per heavy atom. The lowest BCUT2D eigenvalue weighted by atomic mass is 10.2. The molecule has 0 spiro atoms. The SMILES string of the molecule is Cc1cc(Nc2ncnc(Nc3cccc([N+](=O)[O-])c3)c2[N+](=O)[O-])no1.